The van der Waals surface area contributed by atoms with E-state index in [1.54, 1.807) is 0 Å². The van der Waals surface area contributed by atoms with Gasteiger partial charge in [0.1, 0.15) is 5.15 Å². The maximum atomic E-state index is 13.0. The summed E-state index contributed by atoms with van der Waals surface area (Å²) in [5.74, 6) is -0.464. The van der Waals surface area contributed by atoms with Crippen molar-refractivity contribution in [1.29, 1.82) is 0 Å². The molecule has 0 aliphatic heterocycles. The number of carbonyl (C=O) groups is 1. The molecule has 1 amide bonds. The van der Waals surface area contributed by atoms with Crippen LogP contribution in [0.15, 0.2) is 54.6 Å². The van der Waals surface area contributed by atoms with Crippen molar-refractivity contribution in [3.63, 3.8) is 0 Å². The minimum atomic E-state index is -4.50. The van der Waals surface area contributed by atoms with E-state index in [0.717, 1.165) is 35.9 Å². The Morgan fingerprint density at radius 3 is 2.59 bits per heavy atom. The number of halogens is 4. The van der Waals surface area contributed by atoms with Crippen molar-refractivity contribution >= 4 is 28.4 Å². The molecule has 1 heterocycles. The van der Waals surface area contributed by atoms with Crippen LogP contribution in [0.5, 0.6) is 0 Å². The minimum Gasteiger partial charge on any atom is -0.334 e. The minimum absolute atomic E-state index is 0.000740. The smallest absolute Gasteiger partial charge is 0.334 e. The van der Waals surface area contributed by atoms with Gasteiger partial charge in [-0.1, -0.05) is 49.2 Å². The zero-order chi connectivity index (χ0) is 21.0. The van der Waals surface area contributed by atoms with Crippen LogP contribution in [0, 0.1) is 0 Å². The molecule has 0 atom stereocenters. The van der Waals surface area contributed by atoms with E-state index in [0.29, 0.717) is 12.1 Å². The number of carbonyl (C=O) groups excluding carboxylic acids is 1. The molecule has 0 N–H and O–H groups in total. The first kappa shape index (κ1) is 21.1. The van der Waals surface area contributed by atoms with E-state index < -0.39 is 17.6 Å². The third kappa shape index (κ3) is 5.07. The second kappa shape index (κ2) is 8.82. The van der Waals surface area contributed by atoms with E-state index in [2.05, 4.69) is 4.98 Å². The predicted molar refractivity (Wildman–Crippen MR) is 108 cm³/mol. The average Bonchev–Trinajstić information content (AvgIpc) is 2.70. The topological polar surface area (TPSA) is 33.2 Å². The third-order valence-corrected chi connectivity index (χ3v) is 4.94. The third-order valence-electron chi connectivity index (χ3n) is 4.62. The van der Waals surface area contributed by atoms with Crippen molar-refractivity contribution in [2.24, 2.45) is 0 Å². The highest BCUT2D eigenvalue weighted by Crippen LogP contribution is 2.30. The molecule has 3 rings (SSSR count). The number of unbranched alkanes of at least 4 members (excludes halogenated alkanes) is 1. The molecule has 0 saturated heterocycles. The number of para-hydroxylation sites is 1. The highest BCUT2D eigenvalue weighted by molar-refractivity contribution is 6.30. The zero-order valence-corrected chi connectivity index (χ0v) is 16.6. The summed E-state index contributed by atoms with van der Waals surface area (Å²) < 4.78 is 39.1. The molecule has 2 aromatic carbocycles. The van der Waals surface area contributed by atoms with Crippen molar-refractivity contribution in [2.75, 3.05) is 6.54 Å². The van der Waals surface area contributed by atoms with Crippen molar-refractivity contribution in [3.05, 3.63) is 76.4 Å². The van der Waals surface area contributed by atoms with Gasteiger partial charge in [-0.25, -0.2) is 4.98 Å². The lowest BCUT2D eigenvalue weighted by Gasteiger charge is -2.24. The SMILES string of the molecule is CCCCN(Cc1cc2ccccc2nc1Cl)C(=O)c1cccc(C(F)(F)F)c1. The van der Waals surface area contributed by atoms with Crippen molar-refractivity contribution in [3.8, 4) is 0 Å². The van der Waals surface area contributed by atoms with Gasteiger partial charge in [-0.15, -0.1) is 0 Å². The van der Waals surface area contributed by atoms with Crippen LogP contribution in [0.4, 0.5) is 13.2 Å². The Kier molecular flexibility index (Phi) is 6.42. The molecular formula is C22H20ClF3N2O. The lowest BCUT2D eigenvalue weighted by molar-refractivity contribution is -0.137. The number of benzene rings is 2. The fraction of sp³-hybridized carbons (Fsp3) is 0.273. The van der Waals surface area contributed by atoms with Crippen LogP contribution in [0.1, 0.15) is 41.3 Å². The molecule has 0 aliphatic rings. The van der Waals surface area contributed by atoms with E-state index in [-0.39, 0.29) is 17.3 Å². The Balaban J connectivity index is 1.92. The lowest BCUT2D eigenvalue weighted by atomic mass is 10.1. The van der Waals surface area contributed by atoms with Crippen LogP contribution in [-0.2, 0) is 12.7 Å². The van der Waals surface area contributed by atoms with Gasteiger partial charge in [-0.2, -0.15) is 13.2 Å². The van der Waals surface area contributed by atoms with Crippen LogP contribution in [0.2, 0.25) is 5.15 Å². The first-order valence-electron chi connectivity index (χ1n) is 9.30. The Hall–Kier alpha value is -2.60. The summed E-state index contributed by atoms with van der Waals surface area (Å²) in [5.41, 5.74) is 0.553. The first-order valence-corrected chi connectivity index (χ1v) is 9.68. The van der Waals surface area contributed by atoms with Gasteiger partial charge in [0, 0.05) is 29.6 Å². The Morgan fingerprint density at radius 1 is 1.10 bits per heavy atom. The van der Waals surface area contributed by atoms with E-state index in [4.69, 9.17) is 11.6 Å². The molecule has 7 heteroatoms. The van der Waals surface area contributed by atoms with Crippen molar-refractivity contribution in [2.45, 2.75) is 32.5 Å². The molecule has 0 fully saturated rings. The Morgan fingerprint density at radius 2 is 1.86 bits per heavy atom. The summed E-state index contributed by atoms with van der Waals surface area (Å²) in [6.07, 6.45) is -2.94. The molecule has 152 valence electrons. The molecule has 3 aromatic rings. The molecule has 0 radical (unpaired) electrons. The number of hydrogen-bond donors (Lipinski definition) is 0. The van der Waals surface area contributed by atoms with Gasteiger partial charge in [-0.3, -0.25) is 4.79 Å². The van der Waals surface area contributed by atoms with E-state index >= 15 is 0 Å². The number of hydrogen-bond acceptors (Lipinski definition) is 2. The van der Waals surface area contributed by atoms with Gasteiger partial charge in [0.25, 0.3) is 5.91 Å². The number of aromatic nitrogens is 1. The molecule has 0 spiro atoms. The quantitative estimate of drug-likeness (QED) is 0.435. The maximum Gasteiger partial charge on any atom is 0.416 e. The Bertz CT molecular complexity index is 1020. The van der Waals surface area contributed by atoms with Crippen LogP contribution < -0.4 is 0 Å². The summed E-state index contributed by atoms with van der Waals surface area (Å²) in [7, 11) is 0. The van der Waals surface area contributed by atoms with Crippen LogP contribution in [0.3, 0.4) is 0 Å². The largest absolute Gasteiger partial charge is 0.416 e. The second-order valence-corrected chi connectivity index (χ2v) is 7.15. The zero-order valence-electron chi connectivity index (χ0n) is 15.8. The van der Waals surface area contributed by atoms with Gasteiger partial charge in [0.15, 0.2) is 0 Å². The van der Waals surface area contributed by atoms with E-state index in [9.17, 15) is 18.0 Å². The van der Waals surface area contributed by atoms with Gasteiger partial charge >= 0.3 is 6.18 Å². The molecular weight excluding hydrogens is 401 g/mol. The fourth-order valence-electron chi connectivity index (χ4n) is 3.07. The molecule has 1 aromatic heterocycles. The molecule has 0 aliphatic carbocycles. The lowest BCUT2D eigenvalue weighted by Crippen LogP contribution is -2.32. The fourth-order valence-corrected chi connectivity index (χ4v) is 3.27. The van der Waals surface area contributed by atoms with Crippen LogP contribution in [0.25, 0.3) is 10.9 Å². The van der Waals surface area contributed by atoms with Gasteiger partial charge in [-0.05, 0) is 36.8 Å². The molecule has 3 nitrogen and oxygen atoms in total. The van der Waals surface area contributed by atoms with Crippen LogP contribution in [-0.4, -0.2) is 22.3 Å². The monoisotopic (exact) mass is 420 g/mol. The van der Waals surface area contributed by atoms with Gasteiger partial charge in [0.05, 0.1) is 11.1 Å². The van der Waals surface area contributed by atoms with Crippen molar-refractivity contribution < 1.29 is 18.0 Å². The molecule has 0 unspecified atom stereocenters. The summed E-state index contributed by atoms with van der Waals surface area (Å²) >= 11 is 6.32. The summed E-state index contributed by atoms with van der Waals surface area (Å²) in [6.45, 7) is 2.57. The molecule has 0 saturated carbocycles. The van der Waals surface area contributed by atoms with Crippen molar-refractivity contribution in [1.82, 2.24) is 9.88 Å². The normalized spacial score (nSPS) is 11.6. The van der Waals surface area contributed by atoms with Gasteiger partial charge < -0.3 is 4.90 Å². The number of amides is 1. The van der Waals surface area contributed by atoms with Crippen LogP contribution >= 0.6 is 11.6 Å². The number of rotatable bonds is 6. The second-order valence-electron chi connectivity index (χ2n) is 6.79. The van der Waals surface area contributed by atoms with E-state index in [1.165, 1.54) is 17.0 Å². The predicted octanol–water partition coefficient (Wildman–Crippen LogP) is 6.35. The standard InChI is InChI=1S/C22H20ClF3N2O/c1-2-3-11-28(21(29)16-8-6-9-18(13-16)22(24,25)26)14-17-12-15-7-4-5-10-19(15)27-20(17)23/h4-10,12-13H,2-3,11,14H2,1H3. The number of pyridine rings is 1. The number of alkyl halides is 3. The number of nitrogens with zero attached hydrogens (tertiary/aromatic N) is 2. The van der Waals surface area contributed by atoms with E-state index in [1.807, 2.05) is 37.3 Å². The highest BCUT2D eigenvalue weighted by Gasteiger charge is 2.31. The summed E-state index contributed by atoms with van der Waals surface area (Å²) in [5, 5.41) is 1.16. The first-order chi connectivity index (χ1) is 13.8. The summed E-state index contributed by atoms with van der Waals surface area (Å²) in [4.78, 5) is 18.9. The average molecular weight is 421 g/mol. The molecule has 0 bridgehead atoms. The number of fused-ring (bicyclic) bond motifs is 1. The highest BCUT2D eigenvalue weighted by atomic mass is 35.5. The maximum absolute atomic E-state index is 13.0. The van der Waals surface area contributed by atoms with Gasteiger partial charge in [0.2, 0.25) is 0 Å². The summed E-state index contributed by atoms with van der Waals surface area (Å²) in [6, 6.07) is 13.8. The molecule has 29 heavy (non-hydrogen) atoms. The Labute approximate surface area is 172 Å².